The maximum atomic E-state index is 12.1. The third kappa shape index (κ3) is 3.01. The molecule has 6 heteroatoms. The minimum Gasteiger partial charge on any atom is -0.337 e. The monoisotopic (exact) mass is 252 g/mol. The first-order valence-corrected chi connectivity index (χ1v) is 6.42. The maximum absolute atomic E-state index is 12.1. The van der Waals surface area contributed by atoms with Gasteiger partial charge in [0.15, 0.2) is 0 Å². The summed E-state index contributed by atoms with van der Waals surface area (Å²) in [5.41, 5.74) is 0.0240. The Bertz CT molecular complexity index is 443. The van der Waals surface area contributed by atoms with Gasteiger partial charge in [0.2, 0.25) is 0 Å². The van der Waals surface area contributed by atoms with Crippen LogP contribution in [0.1, 0.15) is 29.8 Å². The summed E-state index contributed by atoms with van der Waals surface area (Å²) < 4.78 is 0. The van der Waals surface area contributed by atoms with Gasteiger partial charge in [-0.15, -0.1) is 0 Å². The van der Waals surface area contributed by atoms with Gasteiger partial charge >= 0.3 is 5.69 Å². The number of likely N-dealkylation sites (tertiary alicyclic amines) is 1. The molecule has 0 aliphatic carbocycles. The molecule has 1 aromatic rings. The second-order valence-electron chi connectivity index (χ2n) is 4.78. The molecule has 3 N–H and O–H groups in total. The highest BCUT2D eigenvalue weighted by molar-refractivity contribution is 5.92. The number of carbonyl (C=O) groups excluding carboxylic acids is 1. The van der Waals surface area contributed by atoms with E-state index in [1.54, 1.807) is 0 Å². The van der Waals surface area contributed by atoms with Gasteiger partial charge in [-0.2, -0.15) is 0 Å². The number of rotatable bonds is 4. The van der Waals surface area contributed by atoms with Crippen LogP contribution in [0.25, 0.3) is 0 Å². The zero-order valence-electron chi connectivity index (χ0n) is 10.7. The highest BCUT2D eigenvalue weighted by Crippen LogP contribution is 2.20. The molecule has 0 bridgehead atoms. The minimum absolute atomic E-state index is 0.0829. The summed E-state index contributed by atoms with van der Waals surface area (Å²) in [7, 11) is 1.96. The summed E-state index contributed by atoms with van der Waals surface area (Å²) in [6, 6.07) is 0. The summed E-state index contributed by atoms with van der Waals surface area (Å²) in [5, 5.41) is 3.15. The Morgan fingerprint density at radius 2 is 2.22 bits per heavy atom. The number of carbonyl (C=O) groups is 1. The van der Waals surface area contributed by atoms with Crippen LogP contribution in [0.4, 0.5) is 0 Å². The van der Waals surface area contributed by atoms with Crippen LogP contribution in [0, 0.1) is 5.92 Å². The number of imidazole rings is 1. The van der Waals surface area contributed by atoms with Crippen LogP contribution in [0.5, 0.6) is 0 Å². The lowest BCUT2D eigenvalue weighted by Crippen LogP contribution is -2.39. The third-order valence-corrected chi connectivity index (χ3v) is 3.53. The molecule has 1 saturated heterocycles. The number of aromatic amines is 2. The smallest absolute Gasteiger partial charge is 0.323 e. The highest BCUT2D eigenvalue weighted by atomic mass is 16.2. The fraction of sp³-hybridized carbons (Fsp3) is 0.667. The third-order valence-electron chi connectivity index (χ3n) is 3.53. The fourth-order valence-corrected chi connectivity index (χ4v) is 2.39. The van der Waals surface area contributed by atoms with E-state index in [9.17, 15) is 9.59 Å². The molecular weight excluding hydrogens is 232 g/mol. The lowest BCUT2D eigenvalue weighted by molar-refractivity contribution is 0.0681. The highest BCUT2D eigenvalue weighted by Gasteiger charge is 2.24. The molecule has 0 saturated carbocycles. The molecule has 1 aromatic heterocycles. The molecule has 1 aliphatic heterocycles. The first kappa shape index (κ1) is 12.9. The number of nitrogens with zero attached hydrogens (tertiary/aromatic N) is 1. The molecule has 6 nitrogen and oxygen atoms in total. The average molecular weight is 252 g/mol. The Morgan fingerprint density at radius 1 is 1.50 bits per heavy atom. The van der Waals surface area contributed by atoms with Gasteiger partial charge in [0.05, 0.1) is 0 Å². The van der Waals surface area contributed by atoms with E-state index in [1.807, 2.05) is 11.9 Å². The molecule has 0 aromatic carbocycles. The molecule has 1 amide bonds. The van der Waals surface area contributed by atoms with Crippen molar-refractivity contribution in [1.82, 2.24) is 20.2 Å². The Kier molecular flexibility index (Phi) is 4.19. The predicted molar refractivity (Wildman–Crippen MR) is 68.6 cm³/mol. The van der Waals surface area contributed by atoms with Crippen molar-refractivity contribution in [3.05, 3.63) is 22.4 Å². The number of piperidine rings is 1. The van der Waals surface area contributed by atoms with E-state index in [0.717, 1.165) is 32.5 Å². The van der Waals surface area contributed by atoms with Gasteiger partial charge in [0.1, 0.15) is 5.69 Å². The van der Waals surface area contributed by atoms with Gasteiger partial charge in [0, 0.05) is 19.3 Å². The summed E-state index contributed by atoms with van der Waals surface area (Å²) in [6.45, 7) is 2.59. The molecule has 18 heavy (non-hydrogen) atoms. The van der Waals surface area contributed by atoms with Gasteiger partial charge in [-0.3, -0.25) is 4.79 Å². The molecule has 1 fully saturated rings. The van der Waals surface area contributed by atoms with Crippen molar-refractivity contribution in [2.45, 2.75) is 19.3 Å². The van der Waals surface area contributed by atoms with Crippen molar-refractivity contribution in [3.8, 4) is 0 Å². The van der Waals surface area contributed by atoms with Crippen LogP contribution in [0.2, 0.25) is 0 Å². The molecule has 0 atom stereocenters. The van der Waals surface area contributed by atoms with Crippen molar-refractivity contribution >= 4 is 5.91 Å². The normalized spacial score (nSPS) is 17.1. The standard InChI is InChI=1S/C12H20N4O2/c1-13-5-2-9-3-6-16(7-4-9)11(17)10-8-14-12(18)15-10/h8-9,13H,2-7H2,1H3,(H2,14,15,18). The van der Waals surface area contributed by atoms with Crippen molar-refractivity contribution in [1.29, 1.82) is 0 Å². The van der Waals surface area contributed by atoms with Crippen molar-refractivity contribution in [3.63, 3.8) is 0 Å². The number of H-pyrrole nitrogens is 2. The second-order valence-corrected chi connectivity index (χ2v) is 4.78. The van der Waals surface area contributed by atoms with E-state index in [4.69, 9.17) is 0 Å². The average Bonchev–Trinajstić information content (AvgIpc) is 2.83. The molecule has 0 radical (unpaired) electrons. The van der Waals surface area contributed by atoms with E-state index < -0.39 is 0 Å². The van der Waals surface area contributed by atoms with Crippen molar-refractivity contribution in [2.24, 2.45) is 5.92 Å². The van der Waals surface area contributed by atoms with Gasteiger partial charge < -0.3 is 20.2 Å². The zero-order chi connectivity index (χ0) is 13.0. The molecule has 100 valence electrons. The largest absolute Gasteiger partial charge is 0.337 e. The molecule has 1 aliphatic rings. The summed E-state index contributed by atoms with van der Waals surface area (Å²) in [5.74, 6) is 0.618. The van der Waals surface area contributed by atoms with E-state index >= 15 is 0 Å². The zero-order valence-corrected chi connectivity index (χ0v) is 10.7. The van der Waals surface area contributed by atoms with Crippen LogP contribution in [-0.4, -0.2) is 47.5 Å². The number of nitrogens with one attached hydrogen (secondary N) is 3. The summed E-state index contributed by atoms with van der Waals surface area (Å²) in [4.78, 5) is 29.8. The van der Waals surface area contributed by atoms with Crippen LogP contribution < -0.4 is 11.0 Å². The van der Waals surface area contributed by atoms with Gasteiger partial charge in [-0.1, -0.05) is 0 Å². The molecule has 2 rings (SSSR count). The lowest BCUT2D eigenvalue weighted by Gasteiger charge is -2.31. The Hall–Kier alpha value is -1.56. The van der Waals surface area contributed by atoms with Gasteiger partial charge in [-0.05, 0) is 38.8 Å². The molecule has 0 spiro atoms. The van der Waals surface area contributed by atoms with E-state index in [2.05, 4.69) is 15.3 Å². The number of hydrogen-bond donors (Lipinski definition) is 3. The van der Waals surface area contributed by atoms with Gasteiger partial charge in [-0.25, -0.2) is 4.79 Å². The molecular formula is C12H20N4O2. The van der Waals surface area contributed by atoms with E-state index in [1.165, 1.54) is 12.6 Å². The summed E-state index contributed by atoms with van der Waals surface area (Å²) >= 11 is 0. The topological polar surface area (TPSA) is 81.0 Å². The Labute approximate surface area is 106 Å². The minimum atomic E-state index is -0.331. The Balaban J connectivity index is 1.86. The quantitative estimate of drug-likeness (QED) is 0.714. The van der Waals surface area contributed by atoms with Crippen molar-refractivity contribution < 1.29 is 4.79 Å². The van der Waals surface area contributed by atoms with Crippen LogP contribution in [0.15, 0.2) is 11.0 Å². The summed E-state index contributed by atoms with van der Waals surface area (Å²) in [6.07, 6.45) is 4.70. The number of hydrogen-bond acceptors (Lipinski definition) is 3. The van der Waals surface area contributed by atoms with Crippen molar-refractivity contribution in [2.75, 3.05) is 26.7 Å². The lowest BCUT2D eigenvalue weighted by atomic mass is 9.93. The molecule has 2 heterocycles. The second kappa shape index (κ2) is 5.86. The number of amides is 1. The van der Waals surface area contributed by atoms with Gasteiger partial charge in [0.25, 0.3) is 5.91 Å². The molecule has 0 unspecified atom stereocenters. The first-order valence-electron chi connectivity index (χ1n) is 6.42. The van der Waals surface area contributed by atoms with E-state index in [-0.39, 0.29) is 11.6 Å². The predicted octanol–water partition coefficient (Wildman–Crippen LogP) is 0.165. The SMILES string of the molecule is CNCCC1CCN(C(=O)c2c[nH]c(=O)[nH]2)CC1. The van der Waals surface area contributed by atoms with Crippen LogP contribution in [-0.2, 0) is 0 Å². The maximum Gasteiger partial charge on any atom is 0.323 e. The fourth-order valence-electron chi connectivity index (χ4n) is 2.39. The first-order chi connectivity index (χ1) is 8.70. The number of aromatic nitrogens is 2. The Morgan fingerprint density at radius 3 is 2.78 bits per heavy atom. The van der Waals surface area contributed by atoms with Crippen LogP contribution >= 0.6 is 0 Å². The van der Waals surface area contributed by atoms with E-state index in [0.29, 0.717) is 11.6 Å². The van der Waals surface area contributed by atoms with Crippen LogP contribution in [0.3, 0.4) is 0 Å².